The topological polar surface area (TPSA) is 72.7 Å². The Labute approximate surface area is 117 Å². The predicted octanol–water partition coefficient (Wildman–Crippen LogP) is 2.41. The number of non-ortho nitro benzene ring substituents is 1. The molecule has 0 aromatic heterocycles. The number of ether oxygens (including phenoxy) is 1. The molecular weight excluding hydrogens is 260 g/mol. The summed E-state index contributed by atoms with van der Waals surface area (Å²) >= 11 is 0. The Morgan fingerprint density at radius 3 is 2.95 bits per heavy atom. The Hall–Kier alpha value is -2.11. The fourth-order valence-corrected chi connectivity index (χ4v) is 2.46. The Kier molecular flexibility index (Phi) is 4.55. The smallest absolute Gasteiger partial charge is 0.275 e. The first kappa shape index (κ1) is 14.3. The molecular formula is C14H18N2O4. The van der Waals surface area contributed by atoms with Gasteiger partial charge in [0.25, 0.3) is 5.69 Å². The highest BCUT2D eigenvalue weighted by atomic mass is 16.6. The van der Waals surface area contributed by atoms with Gasteiger partial charge in [0.2, 0.25) is 0 Å². The van der Waals surface area contributed by atoms with Crippen LogP contribution in [0.2, 0.25) is 0 Å². The van der Waals surface area contributed by atoms with Gasteiger partial charge in [-0.2, -0.15) is 0 Å². The molecule has 1 saturated heterocycles. The van der Waals surface area contributed by atoms with Crippen molar-refractivity contribution in [1.29, 1.82) is 0 Å². The second-order valence-corrected chi connectivity index (χ2v) is 4.86. The van der Waals surface area contributed by atoms with Crippen molar-refractivity contribution in [1.82, 2.24) is 0 Å². The van der Waals surface area contributed by atoms with Crippen LogP contribution >= 0.6 is 0 Å². The molecule has 1 aromatic carbocycles. The third-order valence-corrected chi connectivity index (χ3v) is 3.41. The van der Waals surface area contributed by atoms with Crippen molar-refractivity contribution in [3.05, 3.63) is 28.3 Å². The number of nitrogens with zero attached hydrogens (tertiary/aromatic N) is 2. The van der Waals surface area contributed by atoms with E-state index in [2.05, 4.69) is 0 Å². The first-order chi connectivity index (χ1) is 9.63. The molecule has 0 radical (unpaired) electrons. The highest BCUT2D eigenvalue weighted by Crippen LogP contribution is 2.30. The van der Waals surface area contributed by atoms with Crippen LogP contribution in [0.5, 0.6) is 5.75 Å². The second kappa shape index (κ2) is 6.36. The van der Waals surface area contributed by atoms with Gasteiger partial charge in [-0.05, 0) is 19.8 Å². The highest BCUT2D eigenvalue weighted by Gasteiger charge is 2.22. The lowest BCUT2D eigenvalue weighted by Gasteiger charge is -2.32. The molecule has 1 aliphatic rings. The van der Waals surface area contributed by atoms with Crippen LogP contribution < -0.4 is 9.64 Å². The van der Waals surface area contributed by atoms with Crippen molar-refractivity contribution in [2.45, 2.75) is 19.8 Å². The summed E-state index contributed by atoms with van der Waals surface area (Å²) in [5, 5.41) is 11.0. The molecule has 1 fully saturated rings. The molecule has 1 heterocycles. The van der Waals surface area contributed by atoms with Gasteiger partial charge >= 0.3 is 0 Å². The molecule has 1 unspecified atom stereocenters. The lowest BCUT2D eigenvalue weighted by molar-refractivity contribution is -0.384. The number of piperidine rings is 1. The van der Waals surface area contributed by atoms with Crippen LogP contribution in [0.25, 0.3) is 0 Å². The zero-order valence-corrected chi connectivity index (χ0v) is 11.4. The number of carbonyl (C=O) groups is 1. The average Bonchev–Trinajstić information content (AvgIpc) is 2.47. The maximum absolute atomic E-state index is 11.0. The van der Waals surface area contributed by atoms with Gasteiger partial charge in [-0.1, -0.05) is 0 Å². The first-order valence-corrected chi connectivity index (χ1v) is 6.76. The van der Waals surface area contributed by atoms with Crippen molar-refractivity contribution in [2.75, 3.05) is 24.6 Å². The fraction of sp³-hybridized carbons (Fsp3) is 0.500. The molecule has 6 nitrogen and oxygen atoms in total. The molecule has 0 amide bonds. The van der Waals surface area contributed by atoms with Crippen LogP contribution in [-0.4, -0.2) is 30.9 Å². The van der Waals surface area contributed by atoms with Crippen LogP contribution in [0.4, 0.5) is 11.4 Å². The number of hydrogen-bond acceptors (Lipinski definition) is 5. The molecule has 2 rings (SSSR count). The van der Waals surface area contributed by atoms with Crippen molar-refractivity contribution >= 4 is 17.7 Å². The van der Waals surface area contributed by atoms with E-state index < -0.39 is 4.92 Å². The van der Waals surface area contributed by atoms with Crippen LogP contribution in [0, 0.1) is 16.0 Å². The number of rotatable bonds is 5. The number of aldehydes is 1. The number of nitro groups is 1. The van der Waals surface area contributed by atoms with Gasteiger partial charge in [0.15, 0.2) is 0 Å². The summed E-state index contributed by atoms with van der Waals surface area (Å²) in [5.41, 5.74) is 0.758. The van der Waals surface area contributed by atoms with Gasteiger partial charge in [-0.15, -0.1) is 0 Å². The summed E-state index contributed by atoms with van der Waals surface area (Å²) in [6.07, 6.45) is 2.76. The number of carbonyl (C=O) groups excluding carboxylic acids is 1. The molecule has 0 spiro atoms. The van der Waals surface area contributed by atoms with E-state index in [-0.39, 0.29) is 11.6 Å². The Balaban J connectivity index is 2.29. The van der Waals surface area contributed by atoms with Crippen molar-refractivity contribution in [2.24, 2.45) is 5.92 Å². The molecule has 20 heavy (non-hydrogen) atoms. The highest BCUT2D eigenvalue weighted by molar-refractivity contribution is 5.61. The van der Waals surface area contributed by atoms with Crippen molar-refractivity contribution in [3.8, 4) is 5.75 Å². The van der Waals surface area contributed by atoms with Crippen molar-refractivity contribution in [3.63, 3.8) is 0 Å². The SMILES string of the molecule is CCOc1cc(N2CCCC(C=O)C2)cc([N+](=O)[O-])c1. The summed E-state index contributed by atoms with van der Waals surface area (Å²) < 4.78 is 5.38. The maximum atomic E-state index is 11.0. The first-order valence-electron chi connectivity index (χ1n) is 6.76. The lowest BCUT2D eigenvalue weighted by Crippen LogP contribution is -2.36. The van der Waals surface area contributed by atoms with Crippen LogP contribution in [0.15, 0.2) is 18.2 Å². The fourth-order valence-electron chi connectivity index (χ4n) is 2.46. The van der Waals surface area contributed by atoms with Gasteiger partial charge in [0, 0.05) is 36.8 Å². The molecule has 1 aliphatic heterocycles. The van der Waals surface area contributed by atoms with Gasteiger partial charge in [0.05, 0.1) is 17.6 Å². The zero-order valence-electron chi connectivity index (χ0n) is 11.4. The molecule has 0 bridgehead atoms. The van der Waals surface area contributed by atoms with E-state index in [0.29, 0.717) is 18.9 Å². The second-order valence-electron chi connectivity index (χ2n) is 4.86. The predicted molar refractivity (Wildman–Crippen MR) is 75.3 cm³/mol. The van der Waals surface area contributed by atoms with Gasteiger partial charge in [-0.25, -0.2) is 0 Å². The Bertz CT molecular complexity index is 504. The van der Waals surface area contributed by atoms with E-state index in [9.17, 15) is 14.9 Å². The van der Waals surface area contributed by atoms with Crippen molar-refractivity contribution < 1.29 is 14.5 Å². The molecule has 0 saturated carbocycles. The third-order valence-electron chi connectivity index (χ3n) is 3.41. The van der Waals surface area contributed by atoms with E-state index in [1.54, 1.807) is 6.07 Å². The molecule has 1 atom stereocenters. The number of anilines is 1. The maximum Gasteiger partial charge on any atom is 0.275 e. The minimum Gasteiger partial charge on any atom is -0.494 e. The molecule has 108 valence electrons. The monoisotopic (exact) mass is 278 g/mol. The van der Waals surface area contributed by atoms with Gasteiger partial charge in [-0.3, -0.25) is 10.1 Å². The summed E-state index contributed by atoms with van der Waals surface area (Å²) in [4.78, 5) is 23.5. The third kappa shape index (κ3) is 3.26. The molecule has 6 heteroatoms. The largest absolute Gasteiger partial charge is 0.494 e. The van der Waals surface area contributed by atoms with Crippen LogP contribution in [-0.2, 0) is 4.79 Å². The van der Waals surface area contributed by atoms with Crippen LogP contribution in [0.3, 0.4) is 0 Å². The van der Waals surface area contributed by atoms with Gasteiger partial charge in [0.1, 0.15) is 12.0 Å². The summed E-state index contributed by atoms with van der Waals surface area (Å²) in [6.45, 7) is 3.70. The Morgan fingerprint density at radius 2 is 2.30 bits per heavy atom. The minimum absolute atomic E-state index is 0.00134. The van der Waals surface area contributed by atoms with E-state index >= 15 is 0 Å². The molecule has 0 aliphatic carbocycles. The lowest BCUT2D eigenvalue weighted by atomic mass is 9.99. The summed E-state index contributed by atoms with van der Waals surface area (Å²) in [5.74, 6) is 0.489. The van der Waals surface area contributed by atoms with Crippen LogP contribution in [0.1, 0.15) is 19.8 Å². The van der Waals surface area contributed by atoms with E-state index in [1.165, 1.54) is 12.1 Å². The Morgan fingerprint density at radius 1 is 1.50 bits per heavy atom. The minimum atomic E-state index is -0.423. The zero-order chi connectivity index (χ0) is 14.5. The quantitative estimate of drug-likeness (QED) is 0.470. The van der Waals surface area contributed by atoms with E-state index in [1.807, 2.05) is 11.8 Å². The van der Waals surface area contributed by atoms with Gasteiger partial charge < -0.3 is 14.4 Å². The average molecular weight is 278 g/mol. The number of nitro benzene ring substituents is 1. The normalized spacial score (nSPS) is 18.6. The number of benzene rings is 1. The molecule has 1 aromatic rings. The van der Waals surface area contributed by atoms with E-state index in [4.69, 9.17) is 4.74 Å². The standard InChI is InChI=1S/C14H18N2O4/c1-2-20-14-7-12(6-13(8-14)16(18)19)15-5-3-4-11(9-15)10-17/h6-8,10-11H,2-5,9H2,1H3. The summed E-state index contributed by atoms with van der Waals surface area (Å²) in [7, 11) is 0. The summed E-state index contributed by atoms with van der Waals surface area (Å²) in [6, 6.07) is 4.76. The van der Waals surface area contributed by atoms with E-state index in [0.717, 1.165) is 31.4 Å². The number of hydrogen-bond donors (Lipinski definition) is 0. The molecule has 0 N–H and O–H groups in total.